The Kier molecular flexibility index (Phi) is 4.47. The number of hydrogen-bond donors (Lipinski definition) is 1. The number of carbonyl (C=O) groups excluding carboxylic acids is 1. The third kappa shape index (κ3) is 2.99. The number of nitrogens with zero attached hydrogens (tertiary/aromatic N) is 3. The maximum absolute atomic E-state index is 12.2. The second kappa shape index (κ2) is 6.30. The second-order valence-corrected chi connectivity index (χ2v) is 4.81. The van der Waals surface area contributed by atoms with Gasteiger partial charge in [-0.05, 0) is 25.5 Å². The number of hydrogen-bond acceptors (Lipinski definition) is 5. The highest BCUT2D eigenvalue weighted by molar-refractivity contribution is 6.04. The highest BCUT2D eigenvalue weighted by Gasteiger charge is 2.19. The molecule has 0 radical (unpaired) electrons. The monoisotopic (exact) mass is 286 g/mol. The topological polar surface area (TPSA) is 90.9 Å². The first kappa shape index (κ1) is 14.9. The SMILES string of the molecule is CCCCn1nc(-c2ccncc2)c(C(C)=O)c(N)c1=O. The van der Waals surface area contributed by atoms with Gasteiger partial charge in [0.2, 0.25) is 0 Å². The first-order chi connectivity index (χ1) is 10.1. The number of nitrogen functional groups attached to an aromatic ring is 1. The molecule has 0 saturated heterocycles. The van der Waals surface area contributed by atoms with Gasteiger partial charge in [0, 0.05) is 24.5 Å². The number of pyridine rings is 1. The van der Waals surface area contributed by atoms with Crippen molar-refractivity contribution in [2.75, 3.05) is 5.73 Å². The van der Waals surface area contributed by atoms with Crippen LogP contribution in [0.2, 0.25) is 0 Å². The van der Waals surface area contributed by atoms with Gasteiger partial charge in [0.05, 0.1) is 5.56 Å². The number of ketones is 1. The van der Waals surface area contributed by atoms with Crippen molar-refractivity contribution >= 4 is 11.5 Å². The fraction of sp³-hybridized carbons (Fsp3) is 0.333. The van der Waals surface area contributed by atoms with E-state index in [4.69, 9.17) is 5.73 Å². The van der Waals surface area contributed by atoms with Crippen molar-refractivity contribution in [3.8, 4) is 11.3 Å². The van der Waals surface area contributed by atoms with Gasteiger partial charge < -0.3 is 5.73 Å². The van der Waals surface area contributed by atoms with Crippen LogP contribution in [-0.4, -0.2) is 20.5 Å². The minimum Gasteiger partial charge on any atom is -0.394 e. The molecule has 110 valence electrons. The summed E-state index contributed by atoms with van der Waals surface area (Å²) in [6, 6.07) is 3.48. The quantitative estimate of drug-likeness (QED) is 0.847. The molecular formula is C15H18N4O2. The highest BCUT2D eigenvalue weighted by atomic mass is 16.1. The zero-order valence-corrected chi connectivity index (χ0v) is 12.2. The van der Waals surface area contributed by atoms with Gasteiger partial charge in [0.25, 0.3) is 5.56 Å². The van der Waals surface area contributed by atoms with Crippen molar-refractivity contribution in [3.63, 3.8) is 0 Å². The fourth-order valence-electron chi connectivity index (χ4n) is 2.12. The smallest absolute Gasteiger partial charge is 0.290 e. The molecule has 6 nitrogen and oxygen atoms in total. The van der Waals surface area contributed by atoms with Crippen LogP contribution in [0, 0.1) is 0 Å². The largest absolute Gasteiger partial charge is 0.394 e. The van der Waals surface area contributed by atoms with Gasteiger partial charge >= 0.3 is 0 Å². The van der Waals surface area contributed by atoms with Gasteiger partial charge in [-0.1, -0.05) is 13.3 Å². The average Bonchev–Trinajstić information content (AvgIpc) is 2.49. The summed E-state index contributed by atoms with van der Waals surface area (Å²) >= 11 is 0. The number of carbonyl (C=O) groups is 1. The molecule has 0 fully saturated rings. The van der Waals surface area contributed by atoms with Crippen molar-refractivity contribution in [2.24, 2.45) is 0 Å². The Labute approximate surface area is 122 Å². The van der Waals surface area contributed by atoms with E-state index in [1.165, 1.54) is 11.6 Å². The molecule has 2 rings (SSSR count). The average molecular weight is 286 g/mol. The molecule has 0 spiro atoms. The standard InChI is InChI=1S/C15H18N4O2/c1-3-4-9-19-15(21)13(16)12(10(2)20)14(18-19)11-5-7-17-8-6-11/h5-8H,3-4,9,16H2,1-2H3. The second-order valence-electron chi connectivity index (χ2n) is 4.81. The van der Waals surface area contributed by atoms with Gasteiger partial charge in [0.1, 0.15) is 11.4 Å². The molecule has 0 aliphatic heterocycles. The van der Waals surface area contributed by atoms with Crippen molar-refractivity contribution < 1.29 is 4.79 Å². The van der Waals surface area contributed by atoms with Crippen LogP contribution < -0.4 is 11.3 Å². The number of Topliss-reactive ketones (excluding diaryl/α,β-unsaturated/α-hetero) is 1. The minimum absolute atomic E-state index is 0.0413. The van der Waals surface area contributed by atoms with Gasteiger partial charge in [0.15, 0.2) is 5.78 Å². The summed E-state index contributed by atoms with van der Waals surface area (Å²) < 4.78 is 1.33. The Balaban J connectivity index is 2.69. The zero-order valence-electron chi connectivity index (χ0n) is 12.2. The summed E-state index contributed by atoms with van der Waals surface area (Å²) in [6.45, 7) is 3.89. The van der Waals surface area contributed by atoms with Gasteiger partial charge in [-0.3, -0.25) is 14.6 Å². The molecule has 0 saturated carbocycles. The third-order valence-corrected chi connectivity index (χ3v) is 3.22. The molecule has 0 aliphatic rings. The van der Waals surface area contributed by atoms with E-state index >= 15 is 0 Å². The lowest BCUT2D eigenvalue weighted by Gasteiger charge is -2.12. The Morgan fingerprint density at radius 2 is 2.00 bits per heavy atom. The van der Waals surface area contributed by atoms with Gasteiger partial charge in [-0.2, -0.15) is 5.10 Å². The van der Waals surface area contributed by atoms with E-state index in [9.17, 15) is 9.59 Å². The summed E-state index contributed by atoms with van der Waals surface area (Å²) in [7, 11) is 0. The first-order valence-electron chi connectivity index (χ1n) is 6.88. The molecule has 2 heterocycles. The van der Waals surface area contributed by atoms with E-state index in [0.29, 0.717) is 17.8 Å². The lowest BCUT2D eigenvalue weighted by Crippen LogP contribution is -2.29. The molecule has 0 bridgehead atoms. The third-order valence-electron chi connectivity index (χ3n) is 3.22. The molecule has 2 N–H and O–H groups in total. The molecule has 6 heteroatoms. The molecule has 0 aliphatic carbocycles. The number of nitrogens with two attached hydrogens (primary N) is 1. The van der Waals surface area contributed by atoms with Crippen LogP contribution >= 0.6 is 0 Å². The molecule has 0 atom stereocenters. The van der Waals surface area contributed by atoms with Crippen molar-refractivity contribution in [1.82, 2.24) is 14.8 Å². The van der Waals surface area contributed by atoms with Crippen LogP contribution in [0.3, 0.4) is 0 Å². The van der Waals surface area contributed by atoms with Crippen molar-refractivity contribution in [3.05, 3.63) is 40.4 Å². The first-order valence-corrected chi connectivity index (χ1v) is 6.88. The predicted molar refractivity (Wildman–Crippen MR) is 81.1 cm³/mol. The van der Waals surface area contributed by atoms with Gasteiger partial charge in [-0.15, -0.1) is 0 Å². The Morgan fingerprint density at radius 3 is 2.57 bits per heavy atom. The zero-order chi connectivity index (χ0) is 15.4. The summed E-state index contributed by atoms with van der Waals surface area (Å²) in [5.41, 5.74) is 6.76. The van der Waals surface area contributed by atoms with E-state index in [1.807, 2.05) is 6.92 Å². The summed E-state index contributed by atoms with van der Waals surface area (Å²) in [4.78, 5) is 28.0. The number of unbranched alkanes of at least 4 members (excludes halogenated alkanes) is 1. The van der Waals surface area contributed by atoms with Crippen molar-refractivity contribution in [2.45, 2.75) is 33.2 Å². The molecule has 2 aromatic heterocycles. The summed E-state index contributed by atoms with van der Waals surface area (Å²) in [6.07, 6.45) is 4.98. The normalized spacial score (nSPS) is 10.6. The number of aromatic nitrogens is 3. The van der Waals surface area contributed by atoms with Crippen LogP contribution in [0.25, 0.3) is 11.3 Å². The van der Waals surface area contributed by atoms with Crippen LogP contribution in [0.15, 0.2) is 29.3 Å². The molecule has 2 aromatic rings. The Hall–Kier alpha value is -2.50. The van der Waals surface area contributed by atoms with Crippen LogP contribution in [0.1, 0.15) is 37.0 Å². The van der Waals surface area contributed by atoms with E-state index in [-0.39, 0.29) is 17.0 Å². The number of aryl methyl sites for hydroxylation is 1. The molecule has 0 aromatic carbocycles. The maximum atomic E-state index is 12.2. The lowest BCUT2D eigenvalue weighted by molar-refractivity contribution is 0.101. The van der Waals surface area contributed by atoms with Crippen molar-refractivity contribution in [1.29, 1.82) is 0 Å². The highest BCUT2D eigenvalue weighted by Crippen LogP contribution is 2.23. The van der Waals surface area contributed by atoms with E-state index in [1.54, 1.807) is 24.5 Å². The Bertz CT molecular complexity index is 708. The van der Waals surface area contributed by atoms with Gasteiger partial charge in [-0.25, -0.2) is 4.68 Å². The molecular weight excluding hydrogens is 268 g/mol. The van der Waals surface area contributed by atoms with E-state index < -0.39 is 5.56 Å². The minimum atomic E-state index is -0.411. The molecule has 0 amide bonds. The van der Waals surface area contributed by atoms with Crippen LogP contribution in [0.5, 0.6) is 0 Å². The van der Waals surface area contributed by atoms with E-state index in [0.717, 1.165) is 12.8 Å². The van der Waals surface area contributed by atoms with Crippen LogP contribution in [-0.2, 0) is 6.54 Å². The Morgan fingerprint density at radius 1 is 1.33 bits per heavy atom. The van der Waals surface area contributed by atoms with Crippen LogP contribution in [0.4, 0.5) is 5.69 Å². The van der Waals surface area contributed by atoms with E-state index in [2.05, 4.69) is 10.1 Å². The fourth-order valence-corrected chi connectivity index (χ4v) is 2.12. The number of rotatable bonds is 5. The molecule has 0 unspecified atom stereocenters. The lowest BCUT2D eigenvalue weighted by atomic mass is 10.0. The number of anilines is 1. The summed E-state index contributed by atoms with van der Waals surface area (Å²) in [5, 5.41) is 4.34. The predicted octanol–water partition coefficient (Wildman–Crippen LogP) is 1.89. The summed E-state index contributed by atoms with van der Waals surface area (Å²) in [5.74, 6) is -0.272. The molecule has 21 heavy (non-hydrogen) atoms. The maximum Gasteiger partial charge on any atom is 0.290 e.